The van der Waals surface area contributed by atoms with E-state index >= 15 is 0 Å². The average Bonchev–Trinajstić information content (AvgIpc) is 3.65. The number of benzene rings is 2. The molecule has 0 radical (unpaired) electrons. The van der Waals surface area contributed by atoms with Crippen molar-refractivity contribution in [2.75, 3.05) is 48.3 Å². The van der Waals surface area contributed by atoms with Gasteiger partial charge in [0.05, 0.1) is 5.69 Å². The van der Waals surface area contributed by atoms with Crippen molar-refractivity contribution in [2.24, 2.45) is 5.92 Å². The molecular formula is C26H30N6O. The molecule has 2 heterocycles. The van der Waals surface area contributed by atoms with Crippen LogP contribution in [-0.4, -0.2) is 53.5 Å². The quantitative estimate of drug-likeness (QED) is 0.566. The van der Waals surface area contributed by atoms with Crippen molar-refractivity contribution in [1.82, 2.24) is 14.9 Å². The summed E-state index contributed by atoms with van der Waals surface area (Å²) in [4.78, 5) is 25.3. The zero-order valence-electron chi connectivity index (χ0n) is 19.0. The van der Waals surface area contributed by atoms with Gasteiger partial charge in [0.1, 0.15) is 0 Å². The molecule has 1 amide bonds. The first-order chi connectivity index (χ1) is 16.1. The van der Waals surface area contributed by atoms with E-state index in [0.29, 0.717) is 5.95 Å². The van der Waals surface area contributed by atoms with E-state index in [1.165, 1.54) is 32.0 Å². The summed E-state index contributed by atoms with van der Waals surface area (Å²) in [6, 6.07) is 18.0. The number of piperazine rings is 1. The first kappa shape index (κ1) is 21.4. The molecule has 1 aliphatic carbocycles. The molecule has 1 saturated heterocycles. The number of hydrogen-bond donors (Lipinski definition) is 2. The lowest BCUT2D eigenvalue weighted by Crippen LogP contribution is -2.47. The number of nitrogens with one attached hydrogen (secondary N) is 2. The Hall–Kier alpha value is -3.45. The number of carbonyl (C=O) groups is 1. The fourth-order valence-electron chi connectivity index (χ4n) is 4.25. The zero-order chi connectivity index (χ0) is 22.6. The molecule has 170 valence electrons. The van der Waals surface area contributed by atoms with Crippen LogP contribution in [0.4, 0.5) is 23.0 Å². The van der Waals surface area contributed by atoms with Gasteiger partial charge in [-0.3, -0.25) is 9.69 Å². The van der Waals surface area contributed by atoms with Crippen LogP contribution in [0.25, 0.3) is 11.3 Å². The van der Waals surface area contributed by atoms with Crippen LogP contribution < -0.4 is 15.5 Å². The minimum Gasteiger partial charge on any atom is -0.369 e. The predicted molar refractivity (Wildman–Crippen MR) is 133 cm³/mol. The maximum absolute atomic E-state index is 11.2. The third kappa shape index (κ3) is 5.68. The van der Waals surface area contributed by atoms with Crippen molar-refractivity contribution in [3.8, 4) is 11.3 Å². The zero-order valence-corrected chi connectivity index (χ0v) is 19.0. The van der Waals surface area contributed by atoms with E-state index in [9.17, 15) is 4.79 Å². The van der Waals surface area contributed by atoms with Crippen molar-refractivity contribution < 1.29 is 4.79 Å². The van der Waals surface area contributed by atoms with Gasteiger partial charge in [-0.2, -0.15) is 0 Å². The Kier molecular flexibility index (Phi) is 6.21. The van der Waals surface area contributed by atoms with Crippen molar-refractivity contribution >= 4 is 28.9 Å². The lowest BCUT2D eigenvalue weighted by atomic mass is 10.1. The predicted octanol–water partition coefficient (Wildman–Crippen LogP) is 4.38. The SMILES string of the molecule is CC(=O)Nc1ccc(-c2ccnc(Nc3ccc(N4CCN(CC5CC5)CC4)cc3)n2)cc1. The number of rotatable bonds is 7. The first-order valence-electron chi connectivity index (χ1n) is 11.7. The summed E-state index contributed by atoms with van der Waals surface area (Å²) in [5.74, 6) is 1.43. The van der Waals surface area contributed by atoms with Gasteiger partial charge >= 0.3 is 0 Å². The Morgan fingerprint density at radius 1 is 0.939 bits per heavy atom. The van der Waals surface area contributed by atoms with Gasteiger partial charge < -0.3 is 15.5 Å². The van der Waals surface area contributed by atoms with Crippen molar-refractivity contribution in [1.29, 1.82) is 0 Å². The summed E-state index contributed by atoms with van der Waals surface area (Å²) in [6.07, 6.45) is 4.60. The molecule has 3 aromatic rings. The Balaban J connectivity index is 1.19. The number of aromatic nitrogens is 2. The highest BCUT2D eigenvalue weighted by Gasteiger charge is 2.26. The van der Waals surface area contributed by atoms with Crippen LogP contribution in [0.5, 0.6) is 0 Å². The Morgan fingerprint density at radius 2 is 1.64 bits per heavy atom. The summed E-state index contributed by atoms with van der Waals surface area (Å²) in [5.41, 5.74) is 4.78. The molecule has 2 N–H and O–H groups in total. The molecule has 7 heteroatoms. The molecular weight excluding hydrogens is 412 g/mol. The van der Waals surface area contributed by atoms with Gasteiger partial charge in [-0.05, 0) is 61.2 Å². The number of carbonyl (C=O) groups excluding carboxylic acids is 1. The monoisotopic (exact) mass is 442 g/mol. The second kappa shape index (κ2) is 9.58. The minimum absolute atomic E-state index is 0.0851. The second-order valence-electron chi connectivity index (χ2n) is 8.93. The first-order valence-corrected chi connectivity index (χ1v) is 11.7. The van der Waals surface area contributed by atoms with Gasteiger partial charge in [0.15, 0.2) is 0 Å². The number of nitrogens with zero attached hydrogens (tertiary/aromatic N) is 4. The molecule has 2 aromatic carbocycles. The van der Waals surface area contributed by atoms with Gasteiger partial charge in [0.2, 0.25) is 11.9 Å². The van der Waals surface area contributed by atoms with E-state index in [2.05, 4.69) is 54.7 Å². The highest BCUT2D eigenvalue weighted by molar-refractivity contribution is 5.88. The van der Waals surface area contributed by atoms with E-state index in [4.69, 9.17) is 0 Å². The van der Waals surface area contributed by atoms with Gasteiger partial charge in [-0.25, -0.2) is 9.97 Å². The average molecular weight is 443 g/mol. The van der Waals surface area contributed by atoms with Gasteiger partial charge in [0, 0.05) is 68.5 Å². The number of anilines is 4. The topological polar surface area (TPSA) is 73.4 Å². The fourth-order valence-corrected chi connectivity index (χ4v) is 4.25. The largest absolute Gasteiger partial charge is 0.369 e. The molecule has 1 aromatic heterocycles. The van der Waals surface area contributed by atoms with E-state index in [1.807, 2.05) is 30.3 Å². The van der Waals surface area contributed by atoms with Crippen LogP contribution in [0.15, 0.2) is 60.8 Å². The maximum Gasteiger partial charge on any atom is 0.227 e. The van der Waals surface area contributed by atoms with E-state index < -0.39 is 0 Å². The van der Waals surface area contributed by atoms with Gasteiger partial charge in [-0.15, -0.1) is 0 Å². The van der Waals surface area contributed by atoms with Crippen LogP contribution in [0, 0.1) is 5.92 Å². The van der Waals surface area contributed by atoms with Crippen LogP contribution in [0.3, 0.4) is 0 Å². The summed E-state index contributed by atoms with van der Waals surface area (Å²) >= 11 is 0. The molecule has 0 bridgehead atoms. The van der Waals surface area contributed by atoms with Gasteiger partial charge in [-0.1, -0.05) is 12.1 Å². The molecule has 2 fully saturated rings. The molecule has 2 aliphatic rings. The highest BCUT2D eigenvalue weighted by atomic mass is 16.1. The molecule has 0 atom stereocenters. The van der Waals surface area contributed by atoms with E-state index in [-0.39, 0.29) is 5.91 Å². The summed E-state index contributed by atoms with van der Waals surface area (Å²) < 4.78 is 0. The Morgan fingerprint density at radius 3 is 2.30 bits per heavy atom. The van der Waals surface area contributed by atoms with Crippen molar-refractivity contribution in [3.63, 3.8) is 0 Å². The van der Waals surface area contributed by atoms with Crippen LogP contribution in [-0.2, 0) is 4.79 Å². The third-order valence-corrected chi connectivity index (χ3v) is 6.23. The molecule has 33 heavy (non-hydrogen) atoms. The van der Waals surface area contributed by atoms with Crippen molar-refractivity contribution in [3.05, 3.63) is 60.8 Å². The number of amides is 1. The molecule has 0 unspecified atom stereocenters. The molecule has 1 saturated carbocycles. The smallest absolute Gasteiger partial charge is 0.227 e. The normalized spacial score (nSPS) is 16.5. The maximum atomic E-state index is 11.2. The number of hydrogen-bond acceptors (Lipinski definition) is 6. The highest BCUT2D eigenvalue weighted by Crippen LogP contribution is 2.30. The Bertz CT molecular complexity index is 1090. The standard InChI is InChI=1S/C26H30N6O/c1-19(33)28-22-6-4-21(5-7-22)25-12-13-27-26(30-25)29-23-8-10-24(11-9-23)32-16-14-31(15-17-32)18-20-2-3-20/h4-13,20H,2-3,14-18H2,1H3,(H,28,33)(H,27,29,30). The van der Waals surface area contributed by atoms with Crippen LogP contribution in [0.1, 0.15) is 19.8 Å². The fraction of sp³-hybridized carbons (Fsp3) is 0.346. The lowest BCUT2D eigenvalue weighted by Gasteiger charge is -2.36. The third-order valence-electron chi connectivity index (χ3n) is 6.23. The molecule has 1 aliphatic heterocycles. The molecule has 5 rings (SSSR count). The van der Waals surface area contributed by atoms with Crippen LogP contribution in [0.2, 0.25) is 0 Å². The summed E-state index contributed by atoms with van der Waals surface area (Å²) in [5, 5.41) is 6.09. The van der Waals surface area contributed by atoms with Crippen molar-refractivity contribution in [2.45, 2.75) is 19.8 Å². The van der Waals surface area contributed by atoms with E-state index in [0.717, 1.165) is 54.7 Å². The lowest BCUT2D eigenvalue weighted by molar-refractivity contribution is -0.114. The Labute approximate surface area is 194 Å². The minimum atomic E-state index is -0.0851. The second-order valence-corrected chi connectivity index (χ2v) is 8.93. The summed E-state index contributed by atoms with van der Waals surface area (Å²) in [6.45, 7) is 7.27. The summed E-state index contributed by atoms with van der Waals surface area (Å²) in [7, 11) is 0. The molecule has 0 spiro atoms. The van der Waals surface area contributed by atoms with Gasteiger partial charge in [0.25, 0.3) is 0 Å². The van der Waals surface area contributed by atoms with Crippen LogP contribution >= 0.6 is 0 Å². The molecule has 7 nitrogen and oxygen atoms in total. The van der Waals surface area contributed by atoms with E-state index in [1.54, 1.807) is 6.20 Å².